The van der Waals surface area contributed by atoms with Gasteiger partial charge >= 0.3 is 6.18 Å². The van der Waals surface area contributed by atoms with Crippen molar-refractivity contribution in [2.75, 3.05) is 23.9 Å². The Bertz CT molecular complexity index is 880. The number of para-hydroxylation sites is 1. The summed E-state index contributed by atoms with van der Waals surface area (Å²) in [4.78, 5) is 29.0. The van der Waals surface area contributed by atoms with Crippen LogP contribution in [0.5, 0.6) is 0 Å². The SMILES string of the molecule is O=C(c1ccc(C(F)(F)F)cc1)N1CCC(N(C(=O)CCCCl)c2ccccc2)CC1. The summed E-state index contributed by atoms with van der Waals surface area (Å²) in [5.74, 6) is 0.111. The van der Waals surface area contributed by atoms with Gasteiger partial charge in [0.05, 0.1) is 5.56 Å². The summed E-state index contributed by atoms with van der Waals surface area (Å²) in [7, 11) is 0. The highest BCUT2D eigenvalue weighted by atomic mass is 35.5. The van der Waals surface area contributed by atoms with E-state index in [1.54, 1.807) is 9.80 Å². The van der Waals surface area contributed by atoms with Crippen LogP contribution in [0.2, 0.25) is 0 Å². The van der Waals surface area contributed by atoms with Crippen molar-refractivity contribution in [2.24, 2.45) is 0 Å². The minimum absolute atomic E-state index is 0.000587. The summed E-state index contributed by atoms with van der Waals surface area (Å²) < 4.78 is 38.2. The van der Waals surface area contributed by atoms with Crippen molar-refractivity contribution in [1.82, 2.24) is 4.90 Å². The summed E-state index contributed by atoms with van der Waals surface area (Å²) in [5.41, 5.74) is 0.260. The molecule has 8 heteroatoms. The zero-order valence-corrected chi connectivity index (χ0v) is 17.7. The summed E-state index contributed by atoms with van der Waals surface area (Å²) in [6.45, 7) is 0.854. The maximum atomic E-state index is 12.8. The maximum absolute atomic E-state index is 12.8. The molecule has 166 valence electrons. The molecule has 2 aromatic carbocycles. The second kappa shape index (κ2) is 10.2. The number of likely N-dealkylation sites (tertiary alicyclic amines) is 1. The third-order valence-electron chi connectivity index (χ3n) is 5.40. The van der Waals surface area contributed by atoms with Gasteiger partial charge in [-0.15, -0.1) is 11.6 Å². The van der Waals surface area contributed by atoms with Crippen LogP contribution in [-0.2, 0) is 11.0 Å². The van der Waals surface area contributed by atoms with Crippen molar-refractivity contribution < 1.29 is 22.8 Å². The largest absolute Gasteiger partial charge is 0.416 e. The summed E-state index contributed by atoms with van der Waals surface area (Å²) in [5, 5.41) is 0. The molecule has 0 bridgehead atoms. The van der Waals surface area contributed by atoms with Crippen molar-refractivity contribution in [3.8, 4) is 0 Å². The summed E-state index contributed by atoms with van der Waals surface area (Å²) >= 11 is 5.75. The Morgan fingerprint density at radius 3 is 2.16 bits per heavy atom. The van der Waals surface area contributed by atoms with Gasteiger partial charge in [-0.05, 0) is 55.7 Å². The van der Waals surface area contributed by atoms with E-state index in [0.29, 0.717) is 44.7 Å². The molecule has 0 atom stereocenters. The van der Waals surface area contributed by atoms with Gasteiger partial charge in [0.15, 0.2) is 0 Å². The van der Waals surface area contributed by atoms with Crippen molar-refractivity contribution in [3.05, 3.63) is 65.7 Å². The Kier molecular flexibility index (Phi) is 7.59. The molecule has 0 spiro atoms. The molecule has 31 heavy (non-hydrogen) atoms. The van der Waals surface area contributed by atoms with E-state index >= 15 is 0 Å². The van der Waals surface area contributed by atoms with Gasteiger partial charge in [-0.2, -0.15) is 13.2 Å². The van der Waals surface area contributed by atoms with Crippen LogP contribution in [0, 0.1) is 0 Å². The molecule has 1 aliphatic rings. The second-order valence-corrected chi connectivity index (χ2v) is 7.87. The normalized spacial score (nSPS) is 15.0. The zero-order chi connectivity index (χ0) is 22.4. The lowest BCUT2D eigenvalue weighted by Crippen LogP contribution is -2.49. The third-order valence-corrected chi connectivity index (χ3v) is 5.67. The summed E-state index contributed by atoms with van der Waals surface area (Å²) in [6.07, 6.45) is -2.31. The van der Waals surface area contributed by atoms with Crippen molar-refractivity contribution in [3.63, 3.8) is 0 Å². The number of alkyl halides is 4. The number of piperidine rings is 1. The smallest absolute Gasteiger partial charge is 0.338 e. The first-order valence-electron chi connectivity index (χ1n) is 10.2. The van der Waals surface area contributed by atoms with E-state index in [2.05, 4.69) is 0 Å². The van der Waals surface area contributed by atoms with Gasteiger partial charge < -0.3 is 9.80 Å². The standard InChI is InChI=1S/C23H24ClF3N2O2/c24-14-4-7-21(30)29(19-5-2-1-3-6-19)20-12-15-28(16-13-20)22(31)17-8-10-18(11-9-17)23(25,26)27/h1-3,5-6,8-11,20H,4,7,12-16H2. The highest BCUT2D eigenvalue weighted by Crippen LogP contribution is 2.30. The number of hydrogen-bond donors (Lipinski definition) is 0. The van der Waals surface area contributed by atoms with Crippen LogP contribution >= 0.6 is 11.6 Å². The number of halogens is 4. The van der Waals surface area contributed by atoms with E-state index in [-0.39, 0.29) is 23.4 Å². The monoisotopic (exact) mass is 452 g/mol. The van der Waals surface area contributed by atoms with Crippen LogP contribution in [0.4, 0.5) is 18.9 Å². The van der Waals surface area contributed by atoms with Crippen LogP contribution < -0.4 is 4.90 Å². The molecular weight excluding hydrogens is 429 g/mol. The zero-order valence-electron chi connectivity index (χ0n) is 16.9. The minimum Gasteiger partial charge on any atom is -0.338 e. The highest BCUT2D eigenvalue weighted by molar-refractivity contribution is 6.18. The minimum atomic E-state index is -4.43. The molecule has 0 radical (unpaired) electrons. The van der Waals surface area contributed by atoms with Crippen LogP contribution in [0.25, 0.3) is 0 Å². The van der Waals surface area contributed by atoms with E-state index in [4.69, 9.17) is 11.6 Å². The Labute approximate surface area is 184 Å². The number of amides is 2. The number of nitrogens with zero attached hydrogens (tertiary/aromatic N) is 2. The Hall–Kier alpha value is -2.54. The average Bonchev–Trinajstić information content (AvgIpc) is 2.78. The van der Waals surface area contributed by atoms with Gasteiger partial charge in [0.2, 0.25) is 5.91 Å². The van der Waals surface area contributed by atoms with Crippen LogP contribution in [-0.4, -0.2) is 41.7 Å². The molecule has 0 unspecified atom stereocenters. The van der Waals surface area contributed by atoms with Gasteiger partial charge in [-0.25, -0.2) is 0 Å². The molecule has 3 rings (SSSR count). The molecule has 0 saturated carbocycles. The van der Waals surface area contributed by atoms with E-state index in [9.17, 15) is 22.8 Å². The van der Waals surface area contributed by atoms with Crippen LogP contribution in [0.3, 0.4) is 0 Å². The van der Waals surface area contributed by atoms with Gasteiger partial charge in [0.1, 0.15) is 0 Å². The van der Waals surface area contributed by atoms with Gasteiger partial charge in [0, 0.05) is 42.7 Å². The first-order chi connectivity index (χ1) is 14.8. The van der Waals surface area contributed by atoms with Crippen molar-refractivity contribution in [2.45, 2.75) is 37.9 Å². The molecule has 0 aromatic heterocycles. The van der Waals surface area contributed by atoms with Gasteiger partial charge in [-0.3, -0.25) is 9.59 Å². The fourth-order valence-corrected chi connectivity index (χ4v) is 3.93. The lowest BCUT2D eigenvalue weighted by Gasteiger charge is -2.38. The topological polar surface area (TPSA) is 40.6 Å². The van der Waals surface area contributed by atoms with E-state index in [1.165, 1.54) is 12.1 Å². The molecule has 2 amide bonds. The molecule has 1 fully saturated rings. The molecule has 1 aliphatic heterocycles. The second-order valence-electron chi connectivity index (χ2n) is 7.49. The molecule has 2 aromatic rings. The predicted octanol–water partition coefficient (Wildman–Crippen LogP) is 5.36. The lowest BCUT2D eigenvalue weighted by atomic mass is 10.00. The number of carbonyl (C=O) groups excluding carboxylic acids is 2. The first-order valence-corrected chi connectivity index (χ1v) is 10.7. The van der Waals surface area contributed by atoms with Gasteiger partial charge in [0.25, 0.3) is 5.91 Å². The number of anilines is 1. The Balaban J connectivity index is 1.67. The van der Waals surface area contributed by atoms with E-state index in [1.807, 2.05) is 30.3 Å². The fourth-order valence-electron chi connectivity index (χ4n) is 3.80. The number of rotatable bonds is 6. The maximum Gasteiger partial charge on any atom is 0.416 e. The average molecular weight is 453 g/mol. The first kappa shape index (κ1) is 23.1. The van der Waals surface area contributed by atoms with E-state index < -0.39 is 11.7 Å². The van der Waals surface area contributed by atoms with Crippen molar-refractivity contribution >= 4 is 29.1 Å². The quantitative estimate of drug-likeness (QED) is 0.553. The van der Waals surface area contributed by atoms with Crippen LogP contribution in [0.1, 0.15) is 41.6 Å². The van der Waals surface area contributed by atoms with Crippen molar-refractivity contribution in [1.29, 1.82) is 0 Å². The molecule has 1 saturated heterocycles. The molecular formula is C23H24ClF3N2O2. The molecule has 1 heterocycles. The molecule has 4 nitrogen and oxygen atoms in total. The lowest BCUT2D eigenvalue weighted by molar-refractivity contribution is -0.137. The Morgan fingerprint density at radius 1 is 1.00 bits per heavy atom. The van der Waals surface area contributed by atoms with Gasteiger partial charge in [-0.1, -0.05) is 18.2 Å². The highest BCUT2D eigenvalue weighted by Gasteiger charge is 2.32. The number of hydrogen-bond acceptors (Lipinski definition) is 2. The van der Waals surface area contributed by atoms with Crippen LogP contribution in [0.15, 0.2) is 54.6 Å². The third kappa shape index (κ3) is 5.79. The molecule has 0 aliphatic carbocycles. The number of benzene rings is 2. The Morgan fingerprint density at radius 2 is 1.61 bits per heavy atom. The summed E-state index contributed by atoms with van der Waals surface area (Å²) in [6, 6.07) is 13.6. The van der Waals surface area contributed by atoms with E-state index in [0.717, 1.165) is 17.8 Å². The number of carbonyl (C=O) groups is 2. The predicted molar refractivity (Wildman–Crippen MR) is 114 cm³/mol. The fraction of sp³-hybridized carbons (Fsp3) is 0.391. The molecule has 0 N–H and O–H groups in total.